The van der Waals surface area contributed by atoms with Gasteiger partial charge in [-0.15, -0.1) is 0 Å². The monoisotopic (exact) mass is 403 g/mol. The van der Waals surface area contributed by atoms with Gasteiger partial charge in [-0.2, -0.15) is 0 Å². The second-order valence-electron chi connectivity index (χ2n) is 8.48. The molecule has 1 aromatic heterocycles. The molecule has 0 spiro atoms. The number of aromatic nitrogens is 1. The molecule has 0 radical (unpaired) electrons. The molecule has 1 saturated carbocycles. The van der Waals surface area contributed by atoms with Crippen LogP contribution in [-0.4, -0.2) is 52.1 Å². The number of nitrogens with zero attached hydrogens (tertiary/aromatic N) is 2. The SMILES string of the molecule is CCOC(=O)c1cnc2c(c1)C(=O)N([C@@H]1CCCC[C@H]1NC(=O)OC(C)(C)C)C2. The number of carbonyl (C=O) groups excluding carboxylic acids is 3. The van der Waals surface area contributed by atoms with Crippen LogP contribution in [0.25, 0.3) is 0 Å². The van der Waals surface area contributed by atoms with Crippen molar-refractivity contribution in [3.8, 4) is 0 Å². The van der Waals surface area contributed by atoms with E-state index in [1.807, 2.05) is 20.8 Å². The summed E-state index contributed by atoms with van der Waals surface area (Å²) in [6, 6.07) is 1.24. The average Bonchev–Trinajstić information content (AvgIpc) is 2.97. The van der Waals surface area contributed by atoms with Crippen LogP contribution in [-0.2, 0) is 16.0 Å². The second-order valence-corrected chi connectivity index (χ2v) is 8.48. The zero-order chi connectivity index (χ0) is 21.2. The number of esters is 1. The maximum absolute atomic E-state index is 13.1. The van der Waals surface area contributed by atoms with Crippen molar-refractivity contribution in [2.45, 2.75) is 77.6 Å². The molecular formula is C21H29N3O5. The fourth-order valence-corrected chi connectivity index (χ4v) is 3.90. The highest BCUT2D eigenvalue weighted by molar-refractivity contribution is 6.00. The van der Waals surface area contributed by atoms with E-state index in [-0.39, 0.29) is 30.2 Å². The van der Waals surface area contributed by atoms with E-state index < -0.39 is 17.7 Å². The zero-order valence-corrected chi connectivity index (χ0v) is 17.5. The molecule has 0 unspecified atom stereocenters. The summed E-state index contributed by atoms with van der Waals surface area (Å²) in [5, 5.41) is 2.95. The molecule has 1 N–H and O–H groups in total. The molecule has 2 heterocycles. The highest BCUT2D eigenvalue weighted by Gasteiger charge is 2.40. The molecule has 8 nitrogen and oxygen atoms in total. The third kappa shape index (κ3) is 4.86. The summed E-state index contributed by atoms with van der Waals surface area (Å²) < 4.78 is 10.4. The first-order chi connectivity index (χ1) is 13.7. The Hall–Kier alpha value is -2.64. The summed E-state index contributed by atoms with van der Waals surface area (Å²) in [7, 11) is 0. The second kappa shape index (κ2) is 8.39. The molecule has 2 aliphatic rings. The quantitative estimate of drug-likeness (QED) is 0.776. The minimum Gasteiger partial charge on any atom is -0.462 e. The molecule has 1 fully saturated rings. The molecular weight excluding hydrogens is 374 g/mol. The van der Waals surface area contributed by atoms with Gasteiger partial charge in [-0.3, -0.25) is 9.78 Å². The van der Waals surface area contributed by atoms with E-state index >= 15 is 0 Å². The van der Waals surface area contributed by atoms with Crippen LogP contribution in [0.1, 0.15) is 79.8 Å². The molecule has 8 heteroatoms. The van der Waals surface area contributed by atoms with Crippen LogP contribution in [0.4, 0.5) is 4.79 Å². The number of amides is 2. The van der Waals surface area contributed by atoms with Gasteiger partial charge >= 0.3 is 12.1 Å². The smallest absolute Gasteiger partial charge is 0.407 e. The molecule has 1 aliphatic carbocycles. The lowest BCUT2D eigenvalue weighted by molar-refractivity contribution is 0.0392. The van der Waals surface area contributed by atoms with Crippen molar-refractivity contribution in [3.63, 3.8) is 0 Å². The Bertz CT molecular complexity index is 802. The van der Waals surface area contributed by atoms with Gasteiger partial charge in [0.2, 0.25) is 0 Å². The van der Waals surface area contributed by atoms with Crippen LogP contribution in [0, 0.1) is 0 Å². The largest absolute Gasteiger partial charge is 0.462 e. The predicted molar refractivity (Wildman–Crippen MR) is 105 cm³/mol. The van der Waals surface area contributed by atoms with Gasteiger partial charge < -0.3 is 19.7 Å². The number of ether oxygens (including phenoxy) is 2. The van der Waals surface area contributed by atoms with Crippen molar-refractivity contribution in [2.24, 2.45) is 0 Å². The minimum atomic E-state index is -0.582. The first kappa shape index (κ1) is 21.1. The number of hydrogen-bond donors (Lipinski definition) is 1. The Labute approximate surface area is 170 Å². The maximum Gasteiger partial charge on any atom is 0.407 e. The topological polar surface area (TPSA) is 97.8 Å². The molecule has 1 aliphatic heterocycles. The van der Waals surface area contributed by atoms with Crippen LogP contribution in [0.2, 0.25) is 0 Å². The predicted octanol–water partition coefficient (Wildman–Crippen LogP) is 3.05. The standard InChI is InChI=1S/C21H29N3O5/c1-5-28-19(26)13-10-14-16(22-11-13)12-24(18(14)25)17-9-7-6-8-15(17)23-20(27)29-21(2,3)4/h10-11,15,17H,5-9,12H2,1-4H3,(H,23,27)/t15-,17-/m1/s1. The van der Waals surface area contributed by atoms with Crippen LogP contribution in [0.5, 0.6) is 0 Å². The van der Waals surface area contributed by atoms with E-state index in [1.54, 1.807) is 17.9 Å². The van der Waals surface area contributed by atoms with E-state index in [2.05, 4.69) is 10.3 Å². The molecule has 2 atom stereocenters. The van der Waals surface area contributed by atoms with Crippen molar-refractivity contribution in [1.82, 2.24) is 15.2 Å². The first-order valence-electron chi connectivity index (χ1n) is 10.2. The van der Waals surface area contributed by atoms with E-state index in [0.717, 1.165) is 25.7 Å². The van der Waals surface area contributed by atoms with Gasteiger partial charge in [0.15, 0.2) is 0 Å². The number of nitrogens with one attached hydrogen (secondary N) is 1. The number of hydrogen-bond acceptors (Lipinski definition) is 6. The summed E-state index contributed by atoms with van der Waals surface area (Å²) >= 11 is 0. The van der Waals surface area contributed by atoms with E-state index in [9.17, 15) is 14.4 Å². The number of pyridine rings is 1. The van der Waals surface area contributed by atoms with Gasteiger partial charge in [-0.25, -0.2) is 9.59 Å². The fraction of sp³-hybridized carbons (Fsp3) is 0.619. The Morgan fingerprint density at radius 2 is 2.00 bits per heavy atom. The Kier molecular flexibility index (Phi) is 6.10. The Morgan fingerprint density at radius 1 is 1.28 bits per heavy atom. The molecule has 158 valence electrons. The first-order valence-corrected chi connectivity index (χ1v) is 10.2. The summed E-state index contributed by atoms with van der Waals surface area (Å²) in [5.41, 5.74) is 0.760. The normalized spacial score (nSPS) is 21.5. The molecule has 0 aromatic carbocycles. The molecule has 1 aromatic rings. The van der Waals surface area contributed by atoms with Crippen molar-refractivity contribution in [2.75, 3.05) is 6.61 Å². The number of rotatable bonds is 4. The highest BCUT2D eigenvalue weighted by atomic mass is 16.6. The minimum absolute atomic E-state index is 0.135. The van der Waals surface area contributed by atoms with Crippen molar-refractivity contribution >= 4 is 18.0 Å². The molecule has 0 saturated heterocycles. The van der Waals surface area contributed by atoms with Crippen molar-refractivity contribution in [3.05, 3.63) is 29.1 Å². The number of fused-ring (bicyclic) bond motifs is 1. The lowest BCUT2D eigenvalue weighted by Crippen LogP contribution is -2.54. The van der Waals surface area contributed by atoms with Crippen LogP contribution in [0.3, 0.4) is 0 Å². The fourth-order valence-electron chi connectivity index (χ4n) is 3.90. The molecule has 29 heavy (non-hydrogen) atoms. The van der Waals surface area contributed by atoms with E-state index in [1.165, 1.54) is 6.20 Å². The number of alkyl carbamates (subject to hydrolysis) is 1. The lowest BCUT2D eigenvalue weighted by Gasteiger charge is -2.38. The van der Waals surface area contributed by atoms with Crippen LogP contribution >= 0.6 is 0 Å². The summed E-state index contributed by atoms with van der Waals surface area (Å²) in [5.74, 6) is -0.655. The summed E-state index contributed by atoms with van der Waals surface area (Å²) in [6.45, 7) is 7.81. The zero-order valence-electron chi connectivity index (χ0n) is 17.5. The van der Waals surface area contributed by atoms with Gasteiger partial charge in [0, 0.05) is 6.20 Å². The van der Waals surface area contributed by atoms with Gasteiger partial charge in [0.05, 0.1) is 42.1 Å². The Morgan fingerprint density at radius 3 is 2.69 bits per heavy atom. The van der Waals surface area contributed by atoms with Crippen LogP contribution in [0.15, 0.2) is 12.3 Å². The maximum atomic E-state index is 13.1. The molecule has 0 bridgehead atoms. The third-order valence-corrected chi connectivity index (χ3v) is 5.12. The number of carbonyl (C=O) groups is 3. The highest BCUT2D eigenvalue weighted by Crippen LogP contribution is 2.31. The summed E-state index contributed by atoms with van der Waals surface area (Å²) in [6.07, 6.45) is 4.53. The Balaban J connectivity index is 1.75. The van der Waals surface area contributed by atoms with Crippen molar-refractivity contribution in [1.29, 1.82) is 0 Å². The van der Waals surface area contributed by atoms with Crippen LogP contribution < -0.4 is 5.32 Å². The van der Waals surface area contributed by atoms with Gasteiger partial charge in [0.25, 0.3) is 5.91 Å². The summed E-state index contributed by atoms with van der Waals surface area (Å²) in [4.78, 5) is 43.4. The van der Waals surface area contributed by atoms with Gasteiger partial charge in [0.1, 0.15) is 5.60 Å². The van der Waals surface area contributed by atoms with Gasteiger partial charge in [-0.1, -0.05) is 12.8 Å². The lowest BCUT2D eigenvalue weighted by atomic mass is 9.89. The van der Waals surface area contributed by atoms with Gasteiger partial charge in [-0.05, 0) is 46.6 Å². The van der Waals surface area contributed by atoms with E-state index in [4.69, 9.17) is 9.47 Å². The van der Waals surface area contributed by atoms with Crippen molar-refractivity contribution < 1.29 is 23.9 Å². The average molecular weight is 403 g/mol. The molecule has 3 rings (SSSR count). The van der Waals surface area contributed by atoms with E-state index in [0.29, 0.717) is 17.8 Å². The third-order valence-electron chi connectivity index (χ3n) is 5.12. The molecule has 2 amide bonds.